The summed E-state index contributed by atoms with van der Waals surface area (Å²) in [6.07, 6.45) is 0. The molecule has 0 atom stereocenters. The second-order valence-corrected chi connectivity index (χ2v) is 13.3. The molecule has 0 aliphatic heterocycles. The van der Waals surface area contributed by atoms with Crippen LogP contribution in [0.1, 0.15) is 0 Å². The maximum absolute atomic E-state index is 6.40. The van der Waals surface area contributed by atoms with Gasteiger partial charge in [-0.25, -0.2) is 0 Å². The Morgan fingerprint density at radius 3 is 1.54 bits per heavy atom. The third kappa shape index (κ3) is 5.12. The van der Waals surface area contributed by atoms with E-state index in [4.69, 9.17) is 4.42 Å². The first-order valence-electron chi connectivity index (χ1n) is 17.8. The largest absolute Gasteiger partial charge is 0.456 e. The van der Waals surface area contributed by atoms with Gasteiger partial charge in [-0.15, -0.1) is 0 Å². The summed E-state index contributed by atoms with van der Waals surface area (Å²) in [4.78, 5) is 2.38. The minimum absolute atomic E-state index is 0.870. The van der Waals surface area contributed by atoms with E-state index in [-0.39, 0.29) is 0 Å². The van der Waals surface area contributed by atoms with E-state index < -0.39 is 0 Å². The Kier molecular flexibility index (Phi) is 7.18. The summed E-state index contributed by atoms with van der Waals surface area (Å²) in [6, 6.07) is 71.7. The molecule has 0 saturated heterocycles. The summed E-state index contributed by atoms with van der Waals surface area (Å²) in [6.45, 7) is 0. The molecule has 52 heavy (non-hydrogen) atoms. The molecule has 0 unspecified atom stereocenters. The van der Waals surface area contributed by atoms with Crippen LogP contribution in [0.25, 0.3) is 76.9 Å². The molecular formula is C50H33NO. The van der Waals surface area contributed by atoms with Crippen LogP contribution in [0.3, 0.4) is 0 Å². The van der Waals surface area contributed by atoms with Crippen LogP contribution in [0.2, 0.25) is 0 Å². The van der Waals surface area contributed by atoms with Gasteiger partial charge < -0.3 is 9.32 Å². The third-order valence-electron chi connectivity index (χ3n) is 10.2. The van der Waals surface area contributed by atoms with Gasteiger partial charge in [0.1, 0.15) is 11.2 Å². The number of para-hydroxylation sites is 1. The number of benzene rings is 9. The zero-order chi connectivity index (χ0) is 34.4. The first-order chi connectivity index (χ1) is 25.8. The van der Waals surface area contributed by atoms with Crippen molar-refractivity contribution in [2.75, 3.05) is 4.90 Å². The van der Waals surface area contributed by atoms with Gasteiger partial charge in [0, 0.05) is 16.8 Å². The van der Waals surface area contributed by atoms with Gasteiger partial charge in [0.2, 0.25) is 0 Å². The van der Waals surface area contributed by atoms with Gasteiger partial charge in [-0.05, 0) is 97.4 Å². The molecule has 0 bridgehead atoms. The summed E-state index contributed by atoms with van der Waals surface area (Å²) < 4.78 is 6.40. The highest BCUT2D eigenvalue weighted by atomic mass is 16.3. The fraction of sp³-hybridized carbons (Fsp3) is 0. The molecule has 0 radical (unpaired) electrons. The van der Waals surface area contributed by atoms with Crippen molar-refractivity contribution in [3.63, 3.8) is 0 Å². The van der Waals surface area contributed by atoms with Gasteiger partial charge in [-0.2, -0.15) is 0 Å². The minimum Gasteiger partial charge on any atom is -0.456 e. The standard InChI is InChI=1S/C50H33NO/c1-3-20-42-35(12-1)14-9-23-44(42)37-30-28-34(29-31-37)38-16-7-18-40(32-38)51(47-25-11-27-49-50(47)46-22-5-6-26-48(46)52-49)41-19-8-17-39(33-41)45-24-10-15-36-13-2-4-21-43(36)45/h1-33H. The summed E-state index contributed by atoms with van der Waals surface area (Å²) in [5.74, 6) is 0. The molecule has 2 nitrogen and oxygen atoms in total. The highest BCUT2D eigenvalue weighted by Crippen LogP contribution is 2.44. The molecule has 0 spiro atoms. The van der Waals surface area contributed by atoms with E-state index in [1.807, 2.05) is 12.1 Å². The van der Waals surface area contributed by atoms with E-state index in [0.29, 0.717) is 0 Å². The average molecular weight is 664 g/mol. The van der Waals surface area contributed by atoms with Gasteiger partial charge in [-0.3, -0.25) is 0 Å². The zero-order valence-electron chi connectivity index (χ0n) is 28.4. The lowest BCUT2D eigenvalue weighted by Crippen LogP contribution is -2.10. The van der Waals surface area contributed by atoms with Crippen LogP contribution in [0.15, 0.2) is 205 Å². The molecule has 9 aromatic carbocycles. The van der Waals surface area contributed by atoms with Crippen LogP contribution < -0.4 is 4.90 Å². The third-order valence-corrected chi connectivity index (χ3v) is 10.2. The maximum atomic E-state index is 6.40. The number of nitrogens with zero attached hydrogens (tertiary/aromatic N) is 1. The first kappa shape index (κ1) is 30.0. The predicted octanol–water partition coefficient (Wildman–Crippen LogP) is 14.4. The van der Waals surface area contributed by atoms with Crippen molar-refractivity contribution in [1.29, 1.82) is 0 Å². The second-order valence-electron chi connectivity index (χ2n) is 13.3. The molecule has 0 N–H and O–H groups in total. The molecule has 1 aromatic heterocycles. The molecule has 0 aliphatic carbocycles. The maximum Gasteiger partial charge on any atom is 0.137 e. The smallest absolute Gasteiger partial charge is 0.137 e. The van der Waals surface area contributed by atoms with Crippen LogP contribution in [0.4, 0.5) is 17.1 Å². The van der Waals surface area contributed by atoms with Crippen LogP contribution in [0.5, 0.6) is 0 Å². The number of hydrogen-bond acceptors (Lipinski definition) is 2. The molecule has 2 heteroatoms. The van der Waals surface area contributed by atoms with Gasteiger partial charge in [0.05, 0.1) is 11.1 Å². The van der Waals surface area contributed by atoms with Crippen LogP contribution in [-0.4, -0.2) is 0 Å². The number of hydrogen-bond donors (Lipinski definition) is 0. The van der Waals surface area contributed by atoms with Gasteiger partial charge in [-0.1, -0.05) is 158 Å². The molecule has 244 valence electrons. The lowest BCUT2D eigenvalue weighted by Gasteiger charge is -2.27. The Hall–Kier alpha value is -6.90. The van der Waals surface area contributed by atoms with E-state index in [9.17, 15) is 0 Å². The zero-order valence-corrected chi connectivity index (χ0v) is 28.4. The Balaban J connectivity index is 1.13. The minimum atomic E-state index is 0.870. The number of fused-ring (bicyclic) bond motifs is 5. The van der Waals surface area contributed by atoms with Crippen LogP contribution in [0, 0.1) is 0 Å². The van der Waals surface area contributed by atoms with E-state index in [2.05, 4.69) is 193 Å². The number of anilines is 3. The first-order valence-corrected chi connectivity index (χ1v) is 17.8. The molecule has 10 rings (SSSR count). The van der Waals surface area contributed by atoms with E-state index in [1.165, 1.54) is 49.4 Å². The normalized spacial score (nSPS) is 11.5. The predicted molar refractivity (Wildman–Crippen MR) is 220 cm³/mol. The highest BCUT2D eigenvalue weighted by Gasteiger charge is 2.20. The quantitative estimate of drug-likeness (QED) is 0.176. The van der Waals surface area contributed by atoms with Gasteiger partial charge in [0.25, 0.3) is 0 Å². The Labute approximate surface area is 302 Å². The van der Waals surface area contributed by atoms with Gasteiger partial charge >= 0.3 is 0 Å². The van der Waals surface area contributed by atoms with Crippen molar-refractivity contribution in [1.82, 2.24) is 0 Å². The summed E-state index contributed by atoms with van der Waals surface area (Å²) in [5.41, 5.74) is 12.1. The van der Waals surface area contributed by atoms with Crippen molar-refractivity contribution >= 4 is 60.5 Å². The van der Waals surface area contributed by atoms with E-state index in [1.54, 1.807) is 0 Å². The number of rotatable bonds is 6. The summed E-state index contributed by atoms with van der Waals surface area (Å²) in [5, 5.41) is 7.19. The molecule has 0 aliphatic rings. The molecule has 0 amide bonds. The molecular weight excluding hydrogens is 631 g/mol. The SMILES string of the molecule is c1cc(-c2ccc(-c3cccc4ccccc34)cc2)cc(N(c2cccc(-c3cccc4ccccc34)c2)c2cccc3oc4ccccc4c23)c1. The fourth-order valence-corrected chi connectivity index (χ4v) is 7.80. The molecule has 10 aromatic rings. The topological polar surface area (TPSA) is 16.4 Å². The van der Waals surface area contributed by atoms with Crippen molar-refractivity contribution in [2.24, 2.45) is 0 Å². The summed E-state index contributed by atoms with van der Waals surface area (Å²) >= 11 is 0. The average Bonchev–Trinajstić information content (AvgIpc) is 3.60. The molecule has 0 fully saturated rings. The lowest BCUT2D eigenvalue weighted by molar-refractivity contribution is 0.669. The van der Waals surface area contributed by atoms with E-state index >= 15 is 0 Å². The van der Waals surface area contributed by atoms with Crippen molar-refractivity contribution in [3.8, 4) is 33.4 Å². The Morgan fingerprint density at radius 2 is 0.827 bits per heavy atom. The number of furan rings is 1. The van der Waals surface area contributed by atoms with Crippen molar-refractivity contribution in [3.05, 3.63) is 200 Å². The van der Waals surface area contributed by atoms with Crippen LogP contribution in [-0.2, 0) is 0 Å². The Bertz CT molecular complexity index is 2910. The van der Waals surface area contributed by atoms with Crippen molar-refractivity contribution < 1.29 is 4.42 Å². The van der Waals surface area contributed by atoms with Crippen molar-refractivity contribution in [2.45, 2.75) is 0 Å². The summed E-state index contributed by atoms with van der Waals surface area (Å²) in [7, 11) is 0. The van der Waals surface area contributed by atoms with Crippen LogP contribution >= 0.6 is 0 Å². The highest BCUT2D eigenvalue weighted by molar-refractivity contribution is 6.13. The lowest BCUT2D eigenvalue weighted by atomic mass is 9.96. The molecule has 0 saturated carbocycles. The monoisotopic (exact) mass is 663 g/mol. The molecule has 1 heterocycles. The second kappa shape index (κ2) is 12.5. The van der Waals surface area contributed by atoms with Gasteiger partial charge in [0.15, 0.2) is 0 Å². The fourth-order valence-electron chi connectivity index (χ4n) is 7.80. The van der Waals surface area contributed by atoms with E-state index in [0.717, 1.165) is 44.6 Å². The Morgan fingerprint density at radius 1 is 0.327 bits per heavy atom.